The number of hydrogen-bond acceptors (Lipinski definition) is 2. The maximum Gasteiger partial charge on any atom is 0.255 e. The number of hydrogen-bond donors (Lipinski definition) is 0. The van der Waals surface area contributed by atoms with E-state index in [2.05, 4.69) is 6.07 Å². The van der Waals surface area contributed by atoms with Crippen molar-refractivity contribution in [3.63, 3.8) is 0 Å². The zero-order valence-electron chi connectivity index (χ0n) is 10.5. The van der Waals surface area contributed by atoms with Crippen LogP contribution in [0.15, 0.2) is 10.9 Å². The predicted molar refractivity (Wildman–Crippen MR) is 67.0 cm³/mol. The lowest BCUT2D eigenvalue weighted by Gasteiger charge is -2.19. The first-order valence-corrected chi connectivity index (χ1v) is 6.23. The highest BCUT2D eigenvalue weighted by atomic mass is 16.1. The molecule has 1 aliphatic carbocycles. The van der Waals surface area contributed by atoms with Crippen molar-refractivity contribution in [2.45, 2.75) is 52.0 Å². The van der Waals surface area contributed by atoms with E-state index in [-0.39, 0.29) is 12.0 Å². The van der Waals surface area contributed by atoms with Gasteiger partial charge in [-0.05, 0) is 38.3 Å². The molecule has 0 aromatic carbocycles. The van der Waals surface area contributed by atoms with Gasteiger partial charge in [0.2, 0.25) is 0 Å². The second-order valence-electron chi connectivity index (χ2n) is 4.90. The van der Waals surface area contributed by atoms with Crippen LogP contribution in [-0.4, -0.2) is 4.57 Å². The highest BCUT2D eigenvalue weighted by molar-refractivity contribution is 5.28. The third-order valence-corrected chi connectivity index (χ3v) is 3.70. The second-order valence-corrected chi connectivity index (χ2v) is 4.90. The fourth-order valence-corrected chi connectivity index (χ4v) is 2.85. The van der Waals surface area contributed by atoms with Gasteiger partial charge in [-0.1, -0.05) is 12.8 Å². The molecule has 0 N–H and O–H groups in total. The van der Waals surface area contributed by atoms with Crippen LogP contribution in [0.5, 0.6) is 0 Å². The van der Waals surface area contributed by atoms with Crippen molar-refractivity contribution in [3.05, 3.63) is 33.2 Å². The molecule has 3 heteroatoms. The summed E-state index contributed by atoms with van der Waals surface area (Å²) in [4.78, 5) is 12.4. The Kier molecular flexibility index (Phi) is 3.33. The van der Waals surface area contributed by atoms with Crippen LogP contribution < -0.4 is 5.56 Å². The number of aromatic nitrogens is 1. The van der Waals surface area contributed by atoms with E-state index in [1.54, 1.807) is 0 Å². The monoisotopic (exact) mass is 230 g/mol. The van der Waals surface area contributed by atoms with Gasteiger partial charge in [-0.3, -0.25) is 4.79 Å². The zero-order chi connectivity index (χ0) is 12.4. The highest BCUT2D eigenvalue weighted by Crippen LogP contribution is 2.29. The van der Waals surface area contributed by atoms with Gasteiger partial charge in [0.05, 0.1) is 12.5 Å². The second kappa shape index (κ2) is 4.75. The third kappa shape index (κ3) is 2.12. The van der Waals surface area contributed by atoms with Crippen molar-refractivity contribution in [2.24, 2.45) is 0 Å². The summed E-state index contributed by atoms with van der Waals surface area (Å²) in [7, 11) is 0. The van der Waals surface area contributed by atoms with Crippen molar-refractivity contribution >= 4 is 0 Å². The summed E-state index contributed by atoms with van der Waals surface area (Å²) in [6.07, 6.45) is 4.82. The van der Waals surface area contributed by atoms with E-state index in [1.807, 2.05) is 24.5 Å². The topological polar surface area (TPSA) is 45.8 Å². The third-order valence-electron chi connectivity index (χ3n) is 3.70. The first-order chi connectivity index (χ1) is 8.15. The van der Waals surface area contributed by atoms with E-state index in [9.17, 15) is 4.79 Å². The molecule has 3 nitrogen and oxygen atoms in total. The van der Waals surface area contributed by atoms with Crippen LogP contribution in [-0.2, 0) is 6.42 Å². The lowest BCUT2D eigenvalue weighted by atomic mass is 10.1. The number of aryl methyl sites for hydroxylation is 2. The Balaban J connectivity index is 2.55. The molecule has 1 aromatic rings. The number of rotatable bonds is 2. The normalized spacial score (nSPS) is 16.1. The van der Waals surface area contributed by atoms with Gasteiger partial charge in [-0.15, -0.1) is 0 Å². The Labute approximate surface area is 102 Å². The molecule has 0 atom stereocenters. The van der Waals surface area contributed by atoms with E-state index in [4.69, 9.17) is 5.26 Å². The molecule has 1 fully saturated rings. The minimum absolute atomic E-state index is 0.0518. The molecule has 1 aliphatic rings. The van der Waals surface area contributed by atoms with Crippen molar-refractivity contribution in [1.29, 1.82) is 5.26 Å². The first kappa shape index (κ1) is 11.9. The molecule has 17 heavy (non-hydrogen) atoms. The molecule has 90 valence electrons. The SMILES string of the molecule is Cc1cc(C)n(C2CCCC2)c(=O)c1CC#N. The molecule has 1 saturated carbocycles. The number of nitrogens with zero attached hydrogens (tertiary/aromatic N) is 2. The van der Waals surface area contributed by atoms with Crippen molar-refractivity contribution in [1.82, 2.24) is 4.57 Å². The van der Waals surface area contributed by atoms with Crippen LogP contribution in [0.3, 0.4) is 0 Å². The molecule has 0 saturated heterocycles. The number of pyridine rings is 1. The molecular formula is C14H18N2O. The van der Waals surface area contributed by atoms with Crippen molar-refractivity contribution < 1.29 is 0 Å². The van der Waals surface area contributed by atoms with Gasteiger partial charge in [0.25, 0.3) is 5.56 Å². The van der Waals surface area contributed by atoms with Crippen molar-refractivity contribution in [2.75, 3.05) is 0 Å². The molecule has 0 spiro atoms. The van der Waals surface area contributed by atoms with Crippen LogP contribution in [0.25, 0.3) is 0 Å². The van der Waals surface area contributed by atoms with Crippen molar-refractivity contribution in [3.8, 4) is 6.07 Å². The highest BCUT2D eigenvalue weighted by Gasteiger charge is 2.21. The number of nitriles is 1. The van der Waals surface area contributed by atoms with Crippen LogP contribution in [0.4, 0.5) is 0 Å². The summed E-state index contributed by atoms with van der Waals surface area (Å²) in [6, 6.07) is 4.47. The minimum atomic E-state index is 0.0518. The maximum atomic E-state index is 12.4. The Morgan fingerprint density at radius 2 is 2.06 bits per heavy atom. The summed E-state index contributed by atoms with van der Waals surface area (Å²) in [6.45, 7) is 3.91. The van der Waals surface area contributed by atoms with Crippen LogP contribution in [0.1, 0.15) is 48.5 Å². The van der Waals surface area contributed by atoms with Gasteiger partial charge in [-0.25, -0.2) is 0 Å². The van der Waals surface area contributed by atoms with E-state index >= 15 is 0 Å². The van der Waals surface area contributed by atoms with E-state index < -0.39 is 0 Å². The largest absolute Gasteiger partial charge is 0.310 e. The Morgan fingerprint density at radius 1 is 1.41 bits per heavy atom. The van der Waals surface area contributed by atoms with E-state index in [1.165, 1.54) is 12.8 Å². The lowest BCUT2D eigenvalue weighted by Crippen LogP contribution is -2.29. The van der Waals surface area contributed by atoms with E-state index in [0.717, 1.165) is 24.1 Å². The molecule has 0 unspecified atom stereocenters. The van der Waals surface area contributed by atoms with Crippen LogP contribution in [0.2, 0.25) is 0 Å². The first-order valence-electron chi connectivity index (χ1n) is 6.23. The Hall–Kier alpha value is -1.56. The van der Waals surface area contributed by atoms with Crippen LogP contribution in [0, 0.1) is 25.2 Å². The molecule has 0 bridgehead atoms. The summed E-state index contributed by atoms with van der Waals surface area (Å²) in [5.41, 5.74) is 2.70. The molecule has 0 amide bonds. The average Bonchev–Trinajstić information content (AvgIpc) is 2.77. The van der Waals surface area contributed by atoms with Gasteiger partial charge in [0, 0.05) is 17.3 Å². The molecule has 2 rings (SSSR count). The fraction of sp³-hybridized carbons (Fsp3) is 0.571. The standard InChI is InChI=1S/C14H18N2O/c1-10-9-11(2)16(12-5-3-4-6-12)14(17)13(10)7-8-15/h9,12H,3-7H2,1-2H3. The summed E-state index contributed by atoms with van der Waals surface area (Å²) in [5.74, 6) is 0. The van der Waals surface area contributed by atoms with Gasteiger partial charge in [-0.2, -0.15) is 5.26 Å². The smallest absolute Gasteiger partial charge is 0.255 e. The molecule has 0 aliphatic heterocycles. The maximum absolute atomic E-state index is 12.4. The summed E-state index contributed by atoms with van der Waals surface area (Å²) < 4.78 is 1.91. The molecule has 0 radical (unpaired) electrons. The fourth-order valence-electron chi connectivity index (χ4n) is 2.85. The van der Waals surface area contributed by atoms with Gasteiger partial charge < -0.3 is 4.57 Å². The average molecular weight is 230 g/mol. The van der Waals surface area contributed by atoms with Gasteiger partial charge >= 0.3 is 0 Å². The molecule has 1 aromatic heterocycles. The molecular weight excluding hydrogens is 212 g/mol. The quantitative estimate of drug-likeness (QED) is 0.784. The summed E-state index contributed by atoms with van der Waals surface area (Å²) in [5, 5.41) is 8.80. The zero-order valence-corrected chi connectivity index (χ0v) is 10.5. The predicted octanol–water partition coefficient (Wildman–Crippen LogP) is 2.65. The Morgan fingerprint density at radius 3 is 2.65 bits per heavy atom. The molecule has 1 heterocycles. The lowest BCUT2D eigenvalue weighted by molar-refractivity contribution is 0.488. The minimum Gasteiger partial charge on any atom is -0.310 e. The summed E-state index contributed by atoms with van der Waals surface area (Å²) >= 11 is 0. The Bertz CT molecular complexity index is 516. The van der Waals surface area contributed by atoms with E-state index in [0.29, 0.717) is 11.6 Å². The van der Waals surface area contributed by atoms with Gasteiger partial charge in [0.1, 0.15) is 0 Å². The van der Waals surface area contributed by atoms with Gasteiger partial charge in [0.15, 0.2) is 0 Å². The van der Waals surface area contributed by atoms with Crippen LogP contribution >= 0.6 is 0 Å².